The van der Waals surface area contributed by atoms with Gasteiger partial charge in [-0.3, -0.25) is 4.79 Å². The summed E-state index contributed by atoms with van der Waals surface area (Å²) in [6, 6.07) is 3.18. The third kappa shape index (κ3) is 2.97. The number of aliphatic hydroxyl groups excluding tert-OH is 1. The van der Waals surface area contributed by atoms with Crippen LogP contribution in [0.2, 0.25) is 5.02 Å². The van der Waals surface area contributed by atoms with Gasteiger partial charge in [0.25, 0.3) is 5.91 Å². The van der Waals surface area contributed by atoms with Gasteiger partial charge in [0, 0.05) is 19.0 Å². The summed E-state index contributed by atoms with van der Waals surface area (Å²) in [6.07, 6.45) is 0.369. The molecule has 1 aromatic rings. The van der Waals surface area contributed by atoms with E-state index >= 15 is 0 Å². The number of carbonyl (C=O) groups excluding carboxylic acids is 1. The van der Waals surface area contributed by atoms with Crippen LogP contribution in [0.25, 0.3) is 0 Å². The van der Waals surface area contributed by atoms with Crippen LogP contribution in [-0.4, -0.2) is 40.1 Å². The predicted molar refractivity (Wildman–Crippen MR) is 72.7 cm³/mol. The molecule has 7 heteroatoms. The molecule has 1 amide bonds. The number of halogens is 1. The fourth-order valence-corrected chi connectivity index (χ4v) is 2.37. The van der Waals surface area contributed by atoms with Crippen LogP contribution >= 0.6 is 11.6 Å². The molecular formula is C12H17ClN4O2. The Morgan fingerprint density at radius 2 is 2.42 bits per heavy atom. The number of aliphatic hydroxyl groups is 1. The molecule has 0 radical (unpaired) electrons. The molecule has 1 aliphatic heterocycles. The predicted octanol–water partition coefficient (Wildman–Crippen LogP) is 0.864. The molecule has 1 saturated heterocycles. The number of aromatic nitrogens is 1. The van der Waals surface area contributed by atoms with Crippen molar-refractivity contribution < 1.29 is 9.90 Å². The normalized spacial score (nSPS) is 20.4. The van der Waals surface area contributed by atoms with Crippen LogP contribution in [0.15, 0.2) is 12.1 Å². The standard InChI is InChI=1S/C12H17ClN4O2/c1-7(18)8-4-5-17(6-8)12(19)11-9(13)2-3-10(15-11)16-14/h2-3,7-8,18H,4-6,14H2,1H3,(H,15,16). The third-order valence-corrected chi connectivity index (χ3v) is 3.70. The molecule has 1 fully saturated rings. The number of nitrogen functional groups attached to an aromatic ring is 1. The van der Waals surface area contributed by atoms with Gasteiger partial charge in [0.15, 0.2) is 0 Å². The van der Waals surface area contributed by atoms with E-state index in [2.05, 4.69) is 10.4 Å². The highest BCUT2D eigenvalue weighted by Gasteiger charge is 2.31. The van der Waals surface area contributed by atoms with Gasteiger partial charge in [-0.1, -0.05) is 11.6 Å². The minimum Gasteiger partial charge on any atom is -0.393 e. The summed E-state index contributed by atoms with van der Waals surface area (Å²) < 4.78 is 0. The second-order valence-corrected chi connectivity index (χ2v) is 5.12. The van der Waals surface area contributed by atoms with Gasteiger partial charge in [0.05, 0.1) is 11.1 Å². The minimum atomic E-state index is -0.418. The Balaban J connectivity index is 2.16. The molecule has 1 aromatic heterocycles. The summed E-state index contributed by atoms with van der Waals surface area (Å²) in [5.41, 5.74) is 2.57. The first kappa shape index (κ1) is 14.0. The minimum absolute atomic E-state index is 0.110. The highest BCUT2D eigenvalue weighted by Crippen LogP contribution is 2.24. The van der Waals surface area contributed by atoms with E-state index in [1.807, 2.05) is 0 Å². The highest BCUT2D eigenvalue weighted by molar-refractivity contribution is 6.33. The van der Waals surface area contributed by atoms with Gasteiger partial charge < -0.3 is 15.4 Å². The molecule has 0 bridgehead atoms. The maximum Gasteiger partial charge on any atom is 0.274 e. The summed E-state index contributed by atoms with van der Waals surface area (Å²) in [6.45, 7) is 2.87. The summed E-state index contributed by atoms with van der Waals surface area (Å²) >= 11 is 6.00. The van der Waals surface area contributed by atoms with Gasteiger partial charge >= 0.3 is 0 Å². The lowest BCUT2D eigenvalue weighted by Gasteiger charge is -2.18. The van der Waals surface area contributed by atoms with Crippen LogP contribution in [0.5, 0.6) is 0 Å². The number of pyridine rings is 1. The van der Waals surface area contributed by atoms with Crippen molar-refractivity contribution in [3.63, 3.8) is 0 Å². The number of rotatable bonds is 3. The van der Waals surface area contributed by atoms with E-state index in [4.69, 9.17) is 17.4 Å². The number of amides is 1. The van der Waals surface area contributed by atoms with E-state index in [-0.39, 0.29) is 17.5 Å². The van der Waals surface area contributed by atoms with Crippen molar-refractivity contribution >= 4 is 23.3 Å². The molecule has 2 heterocycles. The van der Waals surface area contributed by atoms with Gasteiger partial charge in [-0.15, -0.1) is 0 Å². The van der Waals surface area contributed by atoms with Gasteiger partial charge in [-0.25, -0.2) is 10.8 Å². The summed E-state index contributed by atoms with van der Waals surface area (Å²) in [7, 11) is 0. The molecule has 0 aliphatic carbocycles. The van der Waals surface area contributed by atoms with Crippen LogP contribution in [-0.2, 0) is 0 Å². The molecule has 2 atom stereocenters. The summed E-state index contributed by atoms with van der Waals surface area (Å²) in [5, 5.41) is 9.85. The van der Waals surface area contributed by atoms with E-state index < -0.39 is 6.10 Å². The SMILES string of the molecule is CC(O)C1CCN(C(=O)c2nc(NN)ccc2Cl)C1. The molecule has 0 aromatic carbocycles. The largest absolute Gasteiger partial charge is 0.393 e. The molecule has 2 unspecified atom stereocenters. The van der Waals surface area contributed by atoms with Crippen molar-refractivity contribution in [1.82, 2.24) is 9.88 Å². The first-order chi connectivity index (χ1) is 9.02. The average Bonchev–Trinajstić information content (AvgIpc) is 2.88. The van der Waals surface area contributed by atoms with Crippen LogP contribution in [0, 0.1) is 5.92 Å². The number of hydrazine groups is 1. The molecular weight excluding hydrogens is 268 g/mol. The molecule has 19 heavy (non-hydrogen) atoms. The van der Waals surface area contributed by atoms with Crippen LogP contribution < -0.4 is 11.3 Å². The van der Waals surface area contributed by atoms with Crippen molar-refractivity contribution in [3.8, 4) is 0 Å². The lowest BCUT2D eigenvalue weighted by Crippen LogP contribution is -2.31. The number of nitrogens with one attached hydrogen (secondary N) is 1. The Hall–Kier alpha value is -1.37. The zero-order valence-electron chi connectivity index (χ0n) is 10.6. The number of carbonyl (C=O) groups is 1. The Morgan fingerprint density at radius 1 is 1.68 bits per heavy atom. The second-order valence-electron chi connectivity index (χ2n) is 4.71. The van der Waals surface area contributed by atoms with Crippen molar-refractivity contribution in [2.75, 3.05) is 18.5 Å². The number of likely N-dealkylation sites (tertiary alicyclic amines) is 1. The molecule has 104 valence electrons. The number of hydrogen-bond acceptors (Lipinski definition) is 5. The maximum atomic E-state index is 12.3. The maximum absolute atomic E-state index is 12.3. The molecule has 0 saturated carbocycles. The van der Waals surface area contributed by atoms with E-state index in [9.17, 15) is 9.90 Å². The fourth-order valence-electron chi connectivity index (χ4n) is 2.19. The zero-order chi connectivity index (χ0) is 14.0. The van der Waals surface area contributed by atoms with Crippen molar-refractivity contribution in [2.24, 2.45) is 11.8 Å². The quantitative estimate of drug-likeness (QED) is 0.566. The fraction of sp³-hybridized carbons (Fsp3) is 0.500. The topological polar surface area (TPSA) is 91.5 Å². The first-order valence-corrected chi connectivity index (χ1v) is 6.51. The Bertz CT molecular complexity index is 481. The van der Waals surface area contributed by atoms with Crippen LogP contribution in [0.3, 0.4) is 0 Å². The summed E-state index contributed by atoms with van der Waals surface area (Å²) in [5.74, 6) is 5.54. The van der Waals surface area contributed by atoms with E-state index in [0.29, 0.717) is 23.9 Å². The van der Waals surface area contributed by atoms with Crippen LogP contribution in [0.4, 0.5) is 5.82 Å². The number of nitrogens with two attached hydrogens (primary N) is 1. The van der Waals surface area contributed by atoms with Crippen molar-refractivity contribution in [1.29, 1.82) is 0 Å². The van der Waals surface area contributed by atoms with Gasteiger partial charge in [-0.2, -0.15) is 0 Å². The molecule has 0 spiro atoms. The number of nitrogens with zero attached hydrogens (tertiary/aromatic N) is 2. The van der Waals surface area contributed by atoms with Gasteiger partial charge in [0.1, 0.15) is 11.5 Å². The smallest absolute Gasteiger partial charge is 0.274 e. The number of hydrogen-bond donors (Lipinski definition) is 3. The van der Waals surface area contributed by atoms with Crippen molar-refractivity contribution in [2.45, 2.75) is 19.4 Å². The lowest BCUT2D eigenvalue weighted by atomic mass is 10.0. The zero-order valence-corrected chi connectivity index (χ0v) is 11.4. The third-order valence-electron chi connectivity index (χ3n) is 3.39. The van der Waals surface area contributed by atoms with E-state index in [1.165, 1.54) is 0 Å². The molecule has 4 N–H and O–H groups in total. The van der Waals surface area contributed by atoms with Gasteiger partial charge in [0.2, 0.25) is 0 Å². The molecule has 2 rings (SSSR count). The lowest BCUT2D eigenvalue weighted by molar-refractivity contribution is 0.0757. The van der Waals surface area contributed by atoms with Gasteiger partial charge in [-0.05, 0) is 25.5 Å². The van der Waals surface area contributed by atoms with Crippen molar-refractivity contribution in [3.05, 3.63) is 22.8 Å². The van der Waals surface area contributed by atoms with Crippen LogP contribution in [0.1, 0.15) is 23.8 Å². The summed E-state index contributed by atoms with van der Waals surface area (Å²) in [4.78, 5) is 18.1. The molecule has 1 aliphatic rings. The average molecular weight is 285 g/mol. The Labute approximate surface area is 116 Å². The second kappa shape index (κ2) is 5.73. The Morgan fingerprint density at radius 3 is 3.00 bits per heavy atom. The van der Waals surface area contributed by atoms with E-state index in [0.717, 1.165) is 6.42 Å². The first-order valence-electron chi connectivity index (χ1n) is 6.13. The molecule has 6 nitrogen and oxygen atoms in total. The van der Waals surface area contributed by atoms with E-state index in [1.54, 1.807) is 24.0 Å². The Kier molecular flexibility index (Phi) is 4.24. The highest BCUT2D eigenvalue weighted by atomic mass is 35.5. The monoisotopic (exact) mass is 284 g/mol. The number of anilines is 1.